The molecule has 3 aromatic carbocycles. The lowest BCUT2D eigenvalue weighted by molar-refractivity contribution is -0.156. The summed E-state index contributed by atoms with van der Waals surface area (Å²) in [5.41, 5.74) is 8.00. The van der Waals surface area contributed by atoms with E-state index in [4.69, 9.17) is 5.73 Å². The van der Waals surface area contributed by atoms with E-state index < -0.39 is 18.1 Å². The second-order valence-electron chi connectivity index (χ2n) is 10.6. The Morgan fingerprint density at radius 1 is 1.00 bits per heavy atom. The predicted molar refractivity (Wildman–Crippen MR) is 154 cm³/mol. The minimum atomic E-state index is -0.876. The molecule has 212 valence electrons. The van der Waals surface area contributed by atoms with Gasteiger partial charge in [0.15, 0.2) is 0 Å². The number of carbonyl (C=O) groups is 3. The highest BCUT2D eigenvalue weighted by Crippen LogP contribution is 2.23. The van der Waals surface area contributed by atoms with E-state index in [1.54, 1.807) is 29.0 Å². The number of hydrogen-bond donors (Lipinski definition) is 2. The summed E-state index contributed by atoms with van der Waals surface area (Å²) in [6.07, 6.45) is 0.999. The van der Waals surface area contributed by atoms with Crippen LogP contribution in [-0.4, -0.2) is 91.3 Å². The first-order chi connectivity index (χ1) is 19.2. The molecule has 0 spiro atoms. The fraction of sp³-hybridized carbons (Fsp3) is 0.387. The summed E-state index contributed by atoms with van der Waals surface area (Å²) in [5.74, 6) is -1.19. The Morgan fingerprint density at radius 2 is 1.68 bits per heavy atom. The Hall–Kier alpha value is -3.82. The number of carbonyl (C=O) groups excluding carboxylic acids is 3. The molecular weight excluding hydrogens is 509 g/mol. The fourth-order valence-corrected chi connectivity index (χ4v) is 5.31. The van der Waals surface area contributed by atoms with Crippen molar-refractivity contribution in [1.82, 2.24) is 20.0 Å². The van der Waals surface area contributed by atoms with E-state index in [2.05, 4.69) is 5.32 Å². The molecule has 0 bridgehead atoms. The Morgan fingerprint density at radius 3 is 2.35 bits per heavy atom. The number of rotatable bonds is 10. The van der Waals surface area contributed by atoms with Crippen LogP contribution in [-0.2, 0) is 27.2 Å². The van der Waals surface area contributed by atoms with Crippen LogP contribution in [0.2, 0.25) is 0 Å². The van der Waals surface area contributed by atoms with E-state index in [1.165, 1.54) is 12.1 Å². The molecule has 0 radical (unpaired) electrons. The third-order valence-electron chi connectivity index (χ3n) is 7.51. The highest BCUT2D eigenvalue weighted by molar-refractivity contribution is 5.94. The molecule has 1 aliphatic rings. The van der Waals surface area contributed by atoms with Crippen molar-refractivity contribution in [3.05, 3.63) is 83.7 Å². The smallest absolute Gasteiger partial charge is 0.246 e. The van der Waals surface area contributed by atoms with Crippen LogP contribution in [0.3, 0.4) is 0 Å². The molecule has 0 aromatic heterocycles. The maximum Gasteiger partial charge on any atom is 0.246 e. The third-order valence-corrected chi connectivity index (χ3v) is 7.51. The Balaban J connectivity index is 1.56. The quantitative estimate of drug-likeness (QED) is 0.406. The van der Waals surface area contributed by atoms with Crippen LogP contribution in [0, 0.1) is 5.82 Å². The molecule has 0 saturated carbocycles. The lowest BCUT2D eigenvalue weighted by atomic mass is 9.97. The standard InChI is InChI=1S/C31H38FN5O3/c1-34-29(38)28(20-22-8-11-23-6-4-5-7-24(23)18-22)37-17-16-36(27(31(37)40)14-15-35(2)3)30(39)26(33)19-21-9-12-25(32)13-10-21/h4-13,18,26-28H,14-17,19-20,33H2,1-3H3,(H,34,38)/t26-,27+,28+/m1/s1. The van der Waals surface area contributed by atoms with Crippen molar-refractivity contribution < 1.29 is 18.8 Å². The van der Waals surface area contributed by atoms with Gasteiger partial charge in [-0.1, -0.05) is 54.6 Å². The Bertz CT molecular complexity index is 1350. The zero-order valence-corrected chi connectivity index (χ0v) is 23.3. The second kappa shape index (κ2) is 13.0. The summed E-state index contributed by atoms with van der Waals surface area (Å²) in [5, 5.41) is 4.89. The van der Waals surface area contributed by atoms with Gasteiger partial charge >= 0.3 is 0 Å². The van der Waals surface area contributed by atoms with Crippen LogP contribution < -0.4 is 11.1 Å². The van der Waals surface area contributed by atoms with E-state index in [1.807, 2.05) is 61.5 Å². The van der Waals surface area contributed by atoms with Gasteiger partial charge in [0.05, 0.1) is 6.04 Å². The van der Waals surface area contributed by atoms with E-state index in [9.17, 15) is 18.8 Å². The van der Waals surface area contributed by atoms with Crippen molar-refractivity contribution in [2.24, 2.45) is 5.73 Å². The van der Waals surface area contributed by atoms with Gasteiger partial charge in [-0.2, -0.15) is 0 Å². The largest absolute Gasteiger partial charge is 0.357 e. The summed E-state index contributed by atoms with van der Waals surface area (Å²) in [4.78, 5) is 45.7. The lowest BCUT2D eigenvalue weighted by Crippen LogP contribution is -2.65. The molecule has 3 atom stereocenters. The molecule has 1 aliphatic heterocycles. The maximum atomic E-state index is 14.0. The number of nitrogens with zero attached hydrogens (tertiary/aromatic N) is 3. The number of benzene rings is 3. The van der Waals surface area contributed by atoms with E-state index in [0.29, 0.717) is 19.4 Å². The van der Waals surface area contributed by atoms with Gasteiger partial charge < -0.3 is 25.8 Å². The summed E-state index contributed by atoms with van der Waals surface area (Å²) in [6.45, 7) is 1.07. The minimum absolute atomic E-state index is 0.220. The topological polar surface area (TPSA) is 99.0 Å². The third kappa shape index (κ3) is 6.84. The van der Waals surface area contributed by atoms with Gasteiger partial charge in [0.1, 0.15) is 17.9 Å². The number of nitrogens with one attached hydrogen (secondary N) is 1. The number of fused-ring (bicyclic) bond motifs is 1. The van der Waals surface area contributed by atoms with Gasteiger partial charge in [-0.15, -0.1) is 0 Å². The zero-order chi connectivity index (χ0) is 28.8. The molecule has 9 heteroatoms. The van der Waals surface area contributed by atoms with Crippen LogP contribution in [0.5, 0.6) is 0 Å². The molecule has 1 fully saturated rings. The first-order valence-corrected chi connectivity index (χ1v) is 13.6. The Labute approximate surface area is 234 Å². The van der Waals surface area contributed by atoms with Crippen LogP contribution in [0.4, 0.5) is 4.39 Å². The number of nitrogens with two attached hydrogens (primary N) is 1. The molecule has 3 N–H and O–H groups in total. The maximum absolute atomic E-state index is 14.0. The van der Waals surface area contributed by atoms with Crippen molar-refractivity contribution in [2.45, 2.75) is 37.4 Å². The van der Waals surface area contributed by atoms with Crippen molar-refractivity contribution in [3.63, 3.8) is 0 Å². The summed E-state index contributed by atoms with van der Waals surface area (Å²) < 4.78 is 13.3. The van der Waals surface area contributed by atoms with Crippen molar-refractivity contribution >= 4 is 28.5 Å². The normalized spacial score (nSPS) is 17.2. The molecule has 3 aromatic rings. The summed E-state index contributed by atoms with van der Waals surface area (Å²) in [6, 6.07) is 17.6. The average molecular weight is 548 g/mol. The molecule has 0 aliphatic carbocycles. The minimum Gasteiger partial charge on any atom is -0.357 e. The number of likely N-dealkylation sites (N-methyl/N-ethyl adjacent to an activating group) is 1. The number of halogens is 1. The van der Waals surface area contributed by atoms with E-state index in [0.717, 1.165) is 21.9 Å². The SMILES string of the molecule is CNC(=O)[C@H](Cc1ccc2ccccc2c1)N1CCN(C(=O)[C@H](N)Cc2ccc(F)cc2)[C@@H](CCN(C)C)C1=O. The summed E-state index contributed by atoms with van der Waals surface area (Å²) in [7, 11) is 5.38. The molecule has 8 nitrogen and oxygen atoms in total. The monoisotopic (exact) mass is 547 g/mol. The zero-order valence-electron chi connectivity index (χ0n) is 23.3. The molecule has 3 amide bonds. The van der Waals surface area contributed by atoms with Crippen LogP contribution in [0.1, 0.15) is 17.5 Å². The van der Waals surface area contributed by atoms with Crippen LogP contribution in [0.15, 0.2) is 66.7 Å². The van der Waals surface area contributed by atoms with Crippen LogP contribution >= 0.6 is 0 Å². The van der Waals surface area contributed by atoms with Gasteiger partial charge in [-0.25, -0.2) is 4.39 Å². The molecule has 40 heavy (non-hydrogen) atoms. The van der Waals surface area contributed by atoms with Crippen LogP contribution in [0.25, 0.3) is 10.8 Å². The Kier molecular flexibility index (Phi) is 9.50. The van der Waals surface area contributed by atoms with Gasteiger partial charge in [0.25, 0.3) is 0 Å². The number of amides is 3. The van der Waals surface area contributed by atoms with Crippen molar-refractivity contribution in [1.29, 1.82) is 0 Å². The number of hydrogen-bond acceptors (Lipinski definition) is 5. The van der Waals surface area contributed by atoms with E-state index >= 15 is 0 Å². The predicted octanol–water partition coefficient (Wildman–Crippen LogP) is 2.20. The first-order valence-electron chi connectivity index (χ1n) is 13.6. The molecule has 1 heterocycles. The first kappa shape index (κ1) is 29.2. The second-order valence-corrected chi connectivity index (χ2v) is 10.6. The van der Waals surface area contributed by atoms with Crippen molar-refractivity contribution in [3.8, 4) is 0 Å². The van der Waals surface area contributed by atoms with Gasteiger partial charge in [-0.3, -0.25) is 14.4 Å². The molecule has 1 saturated heterocycles. The molecular formula is C31H38FN5O3. The van der Waals surface area contributed by atoms with E-state index in [-0.39, 0.29) is 43.0 Å². The van der Waals surface area contributed by atoms with Gasteiger partial charge in [-0.05, 0) is 67.5 Å². The van der Waals surface area contributed by atoms with Gasteiger partial charge in [0, 0.05) is 26.6 Å². The fourth-order valence-electron chi connectivity index (χ4n) is 5.31. The number of piperazine rings is 1. The van der Waals surface area contributed by atoms with Gasteiger partial charge in [0.2, 0.25) is 17.7 Å². The lowest BCUT2D eigenvalue weighted by Gasteiger charge is -2.44. The summed E-state index contributed by atoms with van der Waals surface area (Å²) >= 11 is 0. The average Bonchev–Trinajstić information content (AvgIpc) is 2.95. The van der Waals surface area contributed by atoms with Crippen molar-refractivity contribution in [2.75, 3.05) is 40.8 Å². The molecule has 0 unspecified atom stereocenters. The highest BCUT2D eigenvalue weighted by Gasteiger charge is 2.42. The molecule has 4 rings (SSSR count). The highest BCUT2D eigenvalue weighted by atomic mass is 19.1.